The van der Waals surface area contributed by atoms with Gasteiger partial charge in [0.15, 0.2) is 0 Å². The molecule has 1 aliphatic rings. The molecule has 1 heterocycles. The third kappa shape index (κ3) is 2.90. The molecule has 18 heavy (non-hydrogen) atoms. The predicted molar refractivity (Wildman–Crippen MR) is 71.4 cm³/mol. The van der Waals surface area contributed by atoms with Gasteiger partial charge < -0.3 is 4.90 Å². The summed E-state index contributed by atoms with van der Waals surface area (Å²) in [6.45, 7) is 2.08. The van der Waals surface area contributed by atoms with Crippen molar-refractivity contribution in [1.82, 2.24) is 9.80 Å². The van der Waals surface area contributed by atoms with Gasteiger partial charge in [0, 0.05) is 31.2 Å². The molecule has 0 radical (unpaired) electrons. The lowest BCUT2D eigenvalue weighted by atomic mass is 10.2. The number of hydrogen-bond acceptors (Lipinski definition) is 2. The smallest absolute Gasteiger partial charge is 0.144 e. The van der Waals surface area contributed by atoms with Crippen LogP contribution in [-0.4, -0.2) is 43.0 Å². The zero-order valence-electron chi connectivity index (χ0n) is 10.6. The number of nitrogens with zero attached hydrogens (tertiary/aromatic N) is 2. The first kappa shape index (κ1) is 13.9. The van der Waals surface area contributed by atoms with Gasteiger partial charge in [0.2, 0.25) is 0 Å². The Bertz CT molecular complexity index is 437. The van der Waals surface area contributed by atoms with E-state index in [4.69, 9.17) is 0 Å². The molecule has 0 aromatic heterocycles. The largest absolute Gasteiger partial charge is 0.305 e. The molecule has 2 nitrogen and oxygen atoms in total. The van der Waals surface area contributed by atoms with E-state index >= 15 is 0 Å². The minimum Gasteiger partial charge on any atom is -0.305 e. The van der Waals surface area contributed by atoms with E-state index in [1.807, 2.05) is 14.1 Å². The second-order valence-electron chi connectivity index (χ2n) is 4.96. The Morgan fingerprint density at radius 3 is 2.72 bits per heavy atom. The van der Waals surface area contributed by atoms with Gasteiger partial charge in [-0.2, -0.15) is 0 Å². The van der Waals surface area contributed by atoms with Crippen LogP contribution in [-0.2, 0) is 6.54 Å². The first-order valence-electron chi connectivity index (χ1n) is 6.00. The maximum Gasteiger partial charge on any atom is 0.144 e. The van der Waals surface area contributed by atoms with Gasteiger partial charge in [-0.3, -0.25) is 4.90 Å². The van der Waals surface area contributed by atoms with Crippen LogP contribution in [0.15, 0.2) is 16.6 Å². The molecule has 1 saturated heterocycles. The first-order valence-corrected chi connectivity index (χ1v) is 6.79. The second kappa shape index (κ2) is 5.63. The van der Waals surface area contributed by atoms with Gasteiger partial charge in [-0.15, -0.1) is 0 Å². The van der Waals surface area contributed by atoms with Crippen LogP contribution < -0.4 is 0 Å². The average Bonchev–Trinajstić information content (AvgIpc) is 2.78. The highest BCUT2D eigenvalue weighted by Crippen LogP contribution is 2.24. The van der Waals surface area contributed by atoms with E-state index in [0.29, 0.717) is 17.1 Å². The number of rotatable bonds is 3. The van der Waals surface area contributed by atoms with E-state index in [9.17, 15) is 8.78 Å². The van der Waals surface area contributed by atoms with Crippen LogP contribution in [0.5, 0.6) is 0 Å². The van der Waals surface area contributed by atoms with Crippen molar-refractivity contribution in [2.45, 2.75) is 19.0 Å². The summed E-state index contributed by atoms with van der Waals surface area (Å²) in [5.41, 5.74) is 0.156. The summed E-state index contributed by atoms with van der Waals surface area (Å²) >= 11 is 3.10. The molecule has 1 unspecified atom stereocenters. The van der Waals surface area contributed by atoms with Gasteiger partial charge in [0.05, 0.1) is 4.47 Å². The lowest BCUT2D eigenvalue weighted by molar-refractivity contribution is 0.260. The van der Waals surface area contributed by atoms with Crippen LogP contribution in [0.2, 0.25) is 0 Å². The summed E-state index contributed by atoms with van der Waals surface area (Å²) in [4.78, 5) is 4.26. The van der Waals surface area contributed by atoms with Crippen LogP contribution in [0.3, 0.4) is 0 Å². The predicted octanol–water partition coefficient (Wildman–Crippen LogP) is 2.86. The van der Waals surface area contributed by atoms with Crippen LogP contribution in [0.1, 0.15) is 12.0 Å². The van der Waals surface area contributed by atoms with Gasteiger partial charge in [-0.1, -0.05) is 0 Å². The molecule has 1 aliphatic heterocycles. The highest BCUT2D eigenvalue weighted by molar-refractivity contribution is 9.10. The van der Waals surface area contributed by atoms with Crippen molar-refractivity contribution < 1.29 is 8.78 Å². The Morgan fingerprint density at radius 2 is 2.11 bits per heavy atom. The van der Waals surface area contributed by atoms with Crippen LogP contribution in [0, 0.1) is 11.6 Å². The number of likely N-dealkylation sites (tertiary alicyclic amines) is 1. The fraction of sp³-hybridized carbons (Fsp3) is 0.538. The van der Waals surface area contributed by atoms with E-state index in [-0.39, 0.29) is 5.56 Å². The van der Waals surface area contributed by atoms with Crippen LogP contribution in [0.4, 0.5) is 8.78 Å². The van der Waals surface area contributed by atoms with Gasteiger partial charge in [-0.25, -0.2) is 8.78 Å². The maximum absolute atomic E-state index is 13.8. The normalized spacial score (nSPS) is 20.9. The van der Waals surface area contributed by atoms with Crippen LogP contribution in [0.25, 0.3) is 0 Å². The minimum atomic E-state index is -0.483. The van der Waals surface area contributed by atoms with Gasteiger partial charge in [-0.05, 0) is 48.6 Å². The van der Waals surface area contributed by atoms with Crippen molar-refractivity contribution in [3.63, 3.8) is 0 Å². The third-order valence-electron chi connectivity index (χ3n) is 3.50. The fourth-order valence-electron chi connectivity index (χ4n) is 2.31. The van der Waals surface area contributed by atoms with E-state index in [0.717, 1.165) is 19.5 Å². The Balaban J connectivity index is 2.09. The summed E-state index contributed by atoms with van der Waals surface area (Å²) in [5.74, 6) is -0.952. The molecule has 1 fully saturated rings. The molecular weight excluding hydrogens is 302 g/mol. The standard InChI is InChI=1S/C13H17BrF2N2/c1-17(2)9-5-6-18(7-9)8-10-12(15)4-3-11(14)13(10)16/h3-4,9H,5-8H2,1-2H3. The van der Waals surface area contributed by atoms with Crippen molar-refractivity contribution in [1.29, 1.82) is 0 Å². The molecule has 100 valence electrons. The van der Waals surface area contributed by atoms with E-state index in [1.165, 1.54) is 12.1 Å². The molecule has 0 aliphatic carbocycles. The van der Waals surface area contributed by atoms with Crippen molar-refractivity contribution >= 4 is 15.9 Å². The molecule has 2 rings (SSSR count). The molecular formula is C13H17BrF2N2. The lowest BCUT2D eigenvalue weighted by Gasteiger charge is -2.20. The highest BCUT2D eigenvalue weighted by atomic mass is 79.9. The first-order chi connectivity index (χ1) is 8.49. The quantitative estimate of drug-likeness (QED) is 0.791. The van der Waals surface area contributed by atoms with Crippen LogP contribution >= 0.6 is 15.9 Å². The van der Waals surface area contributed by atoms with Gasteiger partial charge in [0.1, 0.15) is 11.6 Å². The maximum atomic E-state index is 13.8. The molecule has 1 atom stereocenters. The number of likely N-dealkylation sites (N-methyl/N-ethyl adjacent to an activating group) is 1. The number of hydrogen-bond donors (Lipinski definition) is 0. The van der Waals surface area contributed by atoms with Crippen molar-refractivity contribution in [3.05, 3.63) is 33.8 Å². The fourth-order valence-corrected chi connectivity index (χ4v) is 2.69. The molecule has 0 bridgehead atoms. The Labute approximate surface area is 115 Å². The number of benzene rings is 1. The zero-order chi connectivity index (χ0) is 13.3. The average molecular weight is 319 g/mol. The number of halogens is 3. The molecule has 1 aromatic carbocycles. The lowest BCUT2D eigenvalue weighted by Crippen LogP contribution is -2.31. The summed E-state index contributed by atoms with van der Waals surface area (Å²) in [6.07, 6.45) is 1.05. The molecule has 0 amide bonds. The minimum absolute atomic E-state index is 0.156. The highest BCUT2D eigenvalue weighted by Gasteiger charge is 2.25. The van der Waals surface area contributed by atoms with Crippen molar-refractivity contribution in [2.75, 3.05) is 27.2 Å². The zero-order valence-corrected chi connectivity index (χ0v) is 12.2. The third-order valence-corrected chi connectivity index (χ3v) is 4.11. The summed E-state index contributed by atoms with van der Waals surface area (Å²) in [6, 6.07) is 3.19. The topological polar surface area (TPSA) is 6.48 Å². The van der Waals surface area contributed by atoms with Crippen molar-refractivity contribution in [3.8, 4) is 0 Å². The van der Waals surface area contributed by atoms with Gasteiger partial charge in [0.25, 0.3) is 0 Å². The molecule has 0 spiro atoms. The van der Waals surface area contributed by atoms with E-state index < -0.39 is 11.6 Å². The summed E-state index contributed by atoms with van der Waals surface area (Å²) < 4.78 is 27.8. The summed E-state index contributed by atoms with van der Waals surface area (Å²) in [5, 5.41) is 0. The van der Waals surface area contributed by atoms with Crippen molar-refractivity contribution in [2.24, 2.45) is 0 Å². The molecule has 5 heteroatoms. The molecule has 0 N–H and O–H groups in total. The molecule has 1 aromatic rings. The van der Waals surface area contributed by atoms with E-state index in [2.05, 4.69) is 25.7 Å². The monoisotopic (exact) mass is 318 g/mol. The second-order valence-corrected chi connectivity index (χ2v) is 5.82. The SMILES string of the molecule is CN(C)C1CCN(Cc2c(F)ccc(Br)c2F)C1. The summed E-state index contributed by atoms with van der Waals surface area (Å²) in [7, 11) is 4.07. The van der Waals surface area contributed by atoms with E-state index in [1.54, 1.807) is 0 Å². The van der Waals surface area contributed by atoms with Gasteiger partial charge >= 0.3 is 0 Å². The Morgan fingerprint density at radius 1 is 1.39 bits per heavy atom. The Kier molecular flexibility index (Phi) is 4.35. The Hall–Kier alpha value is -0.520. The molecule has 0 saturated carbocycles.